The Labute approximate surface area is 77.1 Å². The Morgan fingerprint density at radius 3 is 1.00 bits per heavy atom. The third-order valence-corrected chi connectivity index (χ3v) is 0. The van der Waals surface area contributed by atoms with E-state index in [2.05, 4.69) is 0 Å². The van der Waals surface area contributed by atoms with Gasteiger partial charge in [-0.1, -0.05) is 0 Å². The molecule has 0 aliphatic heterocycles. The number of hydrogen-bond donors (Lipinski definition) is 0. The molecule has 0 aliphatic rings. The van der Waals surface area contributed by atoms with Crippen LogP contribution in [0.4, 0.5) is 0 Å². The van der Waals surface area contributed by atoms with Crippen molar-refractivity contribution in [2.75, 3.05) is 0 Å². The molecule has 0 aromatic rings. The minimum absolute atomic E-state index is 0. The molecular formula is MoNiRuW. The fourth-order valence-corrected chi connectivity index (χ4v) is 0. The van der Waals surface area contributed by atoms with E-state index in [9.17, 15) is 0 Å². The molecule has 0 amide bonds. The van der Waals surface area contributed by atoms with Crippen LogP contribution in [0.15, 0.2) is 0 Å². The summed E-state index contributed by atoms with van der Waals surface area (Å²) < 4.78 is 0. The van der Waals surface area contributed by atoms with E-state index < -0.39 is 0 Å². The van der Waals surface area contributed by atoms with Crippen LogP contribution in [0, 0.1) is 0 Å². The van der Waals surface area contributed by atoms with Crippen molar-refractivity contribution in [3.05, 3.63) is 0 Å². The molecule has 30 valence electrons. The maximum absolute atomic E-state index is 0. The molecule has 4 heavy (non-hydrogen) atoms. The second-order valence-electron chi connectivity index (χ2n) is 0. The summed E-state index contributed by atoms with van der Waals surface area (Å²) >= 11 is 0. The fourth-order valence-electron chi connectivity index (χ4n) is 0. The van der Waals surface area contributed by atoms with Gasteiger partial charge in [0.1, 0.15) is 0 Å². The van der Waals surface area contributed by atoms with Crippen LogP contribution in [0.25, 0.3) is 0 Å². The zero-order chi connectivity index (χ0) is 0. The Kier molecular flexibility index (Phi) is 141. The minimum atomic E-state index is 0. The Morgan fingerprint density at radius 2 is 1.00 bits per heavy atom. The summed E-state index contributed by atoms with van der Waals surface area (Å²) in [7, 11) is 0. The molecule has 0 atom stereocenters. The van der Waals surface area contributed by atoms with Gasteiger partial charge >= 0.3 is 0 Å². The molecule has 0 rings (SSSR count). The zero-order valence-corrected chi connectivity index (χ0v) is 9.15. The van der Waals surface area contributed by atoms with Crippen molar-refractivity contribution < 1.29 is 78.1 Å². The van der Waals surface area contributed by atoms with Gasteiger partial charge in [-0.2, -0.15) is 0 Å². The Hall–Kier alpha value is 2.49. The van der Waals surface area contributed by atoms with E-state index in [0.717, 1.165) is 0 Å². The van der Waals surface area contributed by atoms with Gasteiger partial charge in [0.05, 0.1) is 0 Å². The van der Waals surface area contributed by atoms with E-state index in [0.29, 0.717) is 0 Å². The molecule has 0 spiro atoms. The van der Waals surface area contributed by atoms with Crippen molar-refractivity contribution in [3.8, 4) is 0 Å². The first kappa shape index (κ1) is 31.5. The summed E-state index contributed by atoms with van der Waals surface area (Å²) in [6.07, 6.45) is 0. The molecule has 0 radical (unpaired) electrons. The second kappa shape index (κ2) is 17.8. The standard InChI is InChI=1S/Mo.Ni.Ru.W. The first-order valence-corrected chi connectivity index (χ1v) is 0. The van der Waals surface area contributed by atoms with Gasteiger partial charge in [-0.3, -0.25) is 0 Å². The first-order chi connectivity index (χ1) is 0. The van der Waals surface area contributed by atoms with Crippen LogP contribution in [0.1, 0.15) is 0 Å². The summed E-state index contributed by atoms with van der Waals surface area (Å²) in [6.45, 7) is 0. The Morgan fingerprint density at radius 1 is 1.00 bits per heavy atom. The van der Waals surface area contributed by atoms with Crippen LogP contribution < -0.4 is 0 Å². The molecule has 0 heterocycles. The van der Waals surface area contributed by atoms with Gasteiger partial charge in [-0.05, 0) is 0 Å². The molecule has 0 aliphatic carbocycles. The molecule has 0 aromatic heterocycles. The van der Waals surface area contributed by atoms with Gasteiger partial charge in [-0.25, -0.2) is 0 Å². The topological polar surface area (TPSA) is 0 Å². The number of hydrogen-bond acceptors (Lipinski definition) is 0. The third-order valence-electron chi connectivity index (χ3n) is 0. The Balaban J connectivity index is 0. The van der Waals surface area contributed by atoms with Crippen molar-refractivity contribution in [2.24, 2.45) is 0 Å². The van der Waals surface area contributed by atoms with E-state index in [4.69, 9.17) is 0 Å². The smallest absolute Gasteiger partial charge is 0 e. The van der Waals surface area contributed by atoms with Crippen molar-refractivity contribution >= 4 is 0 Å². The fraction of sp³-hybridized carbons (Fsp3) is 0. The van der Waals surface area contributed by atoms with Crippen molar-refractivity contribution in [1.29, 1.82) is 0 Å². The molecule has 0 saturated heterocycles. The van der Waals surface area contributed by atoms with Crippen LogP contribution in [0.5, 0.6) is 0 Å². The van der Waals surface area contributed by atoms with Crippen LogP contribution in [0.2, 0.25) is 0 Å². The van der Waals surface area contributed by atoms with E-state index in [1.807, 2.05) is 0 Å². The summed E-state index contributed by atoms with van der Waals surface area (Å²) in [5, 5.41) is 0. The van der Waals surface area contributed by atoms with Crippen LogP contribution in [-0.4, -0.2) is 0 Å². The predicted molar refractivity (Wildman–Crippen MR) is 0 cm³/mol. The van der Waals surface area contributed by atoms with Crippen LogP contribution in [0.3, 0.4) is 0 Å². The maximum Gasteiger partial charge on any atom is 0 e. The van der Waals surface area contributed by atoms with E-state index in [1.165, 1.54) is 0 Å². The zero-order valence-electron chi connectivity index (χ0n) is 1.49. The Bertz CT molecular complexity index is 8.00. The summed E-state index contributed by atoms with van der Waals surface area (Å²) in [6, 6.07) is 0. The quantitative estimate of drug-likeness (QED) is 0.466. The molecule has 0 unspecified atom stereocenters. The number of rotatable bonds is 0. The summed E-state index contributed by atoms with van der Waals surface area (Å²) in [5.74, 6) is 0. The van der Waals surface area contributed by atoms with Gasteiger partial charge < -0.3 is 0 Å². The average Bonchev–Trinajstić information content (AvgIpc) is 0. The summed E-state index contributed by atoms with van der Waals surface area (Å²) in [4.78, 5) is 0. The van der Waals surface area contributed by atoms with E-state index in [-0.39, 0.29) is 78.1 Å². The largest absolute Gasteiger partial charge is 0 e. The third kappa shape index (κ3) is 8.82. The average molecular weight is 440 g/mol. The van der Waals surface area contributed by atoms with Crippen molar-refractivity contribution in [2.45, 2.75) is 0 Å². The van der Waals surface area contributed by atoms with Gasteiger partial charge in [0.25, 0.3) is 0 Å². The maximum atomic E-state index is 0. The molecule has 0 fully saturated rings. The molecule has 4 heteroatoms. The van der Waals surface area contributed by atoms with Gasteiger partial charge in [0, 0.05) is 78.1 Å². The van der Waals surface area contributed by atoms with E-state index in [1.54, 1.807) is 0 Å². The van der Waals surface area contributed by atoms with Crippen molar-refractivity contribution in [1.82, 2.24) is 0 Å². The van der Waals surface area contributed by atoms with Crippen molar-refractivity contribution in [3.63, 3.8) is 0 Å². The predicted octanol–water partition coefficient (Wildman–Crippen LogP) is -0.0100. The minimum Gasteiger partial charge on any atom is 0 e. The van der Waals surface area contributed by atoms with Crippen LogP contribution >= 0.6 is 0 Å². The second-order valence-corrected chi connectivity index (χ2v) is 0. The van der Waals surface area contributed by atoms with Gasteiger partial charge in [0.15, 0.2) is 0 Å². The monoisotopic (exact) mass is 442 g/mol. The van der Waals surface area contributed by atoms with Gasteiger partial charge in [-0.15, -0.1) is 0 Å². The normalized spacial score (nSPS) is 0. The SMILES string of the molecule is [Mo].[Ni].[Ru].[W]. The van der Waals surface area contributed by atoms with Crippen LogP contribution in [-0.2, 0) is 78.1 Å². The van der Waals surface area contributed by atoms with E-state index >= 15 is 0 Å². The summed E-state index contributed by atoms with van der Waals surface area (Å²) in [5.41, 5.74) is 0. The molecule has 0 saturated carbocycles. The molecular weight excluding hydrogens is 440 g/mol. The molecule has 0 bridgehead atoms. The van der Waals surface area contributed by atoms with Gasteiger partial charge in [0.2, 0.25) is 0 Å². The molecule has 0 N–H and O–H groups in total. The molecule has 0 aromatic carbocycles. The molecule has 0 nitrogen and oxygen atoms in total. The first-order valence-electron chi connectivity index (χ1n) is 0.